The van der Waals surface area contributed by atoms with Crippen LogP contribution in [0.5, 0.6) is 0 Å². The zero-order valence-corrected chi connectivity index (χ0v) is 17.4. The number of nitrogens with zero attached hydrogens (tertiary/aromatic N) is 2. The van der Waals surface area contributed by atoms with Gasteiger partial charge in [-0.05, 0) is 30.5 Å². The molecule has 27 heavy (non-hydrogen) atoms. The van der Waals surface area contributed by atoms with Crippen LogP contribution in [0.1, 0.15) is 18.0 Å². The first-order chi connectivity index (χ1) is 13.2. The molecule has 4 aromatic heterocycles. The van der Waals surface area contributed by atoms with E-state index >= 15 is 0 Å². The van der Waals surface area contributed by atoms with Crippen molar-refractivity contribution < 1.29 is 0 Å². The molecule has 8 heteroatoms. The van der Waals surface area contributed by atoms with E-state index in [-0.39, 0.29) is 10.8 Å². The summed E-state index contributed by atoms with van der Waals surface area (Å²) < 4.78 is 2.15. The lowest BCUT2D eigenvalue weighted by atomic mass is 10.2. The van der Waals surface area contributed by atoms with Gasteiger partial charge in [0.25, 0.3) is 5.56 Å². The molecule has 0 aliphatic heterocycles. The van der Waals surface area contributed by atoms with Gasteiger partial charge in [0.2, 0.25) is 0 Å². The van der Waals surface area contributed by atoms with E-state index in [1.807, 2.05) is 41.1 Å². The van der Waals surface area contributed by atoms with E-state index in [9.17, 15) is 4.79 Å². The number of para-hydroxylation sites is 1. The predicted molar refractivity (Wildman–Crippen MR) is 117 cm³/mol. The number of hydrogen-bond donors (Lipinski definition) is 1. The van der Waals surface area contributed by atoms with Gasteiger partial charge < -0.3 is 4.98 Å². The van der Waals surface area contributed by atoms with Gasteiger partial charge in [-0.1, -0.05) is 30.0 Å². The molecule has 0 amide bonds. The second-order valence-corrected chi connectivity index (χ2v) is 10.4. The molecule has 0 spiro atoms. The van der Waals surface area contributed by atoms with Crippen molar-refractivity contribution in [2.75, 3.05) is 0 Å². The Kier molecular flexibility index (Phi) is 4.35. The van der Waals surface area contributed by atoms with Crippen LogP contribution >= 0.6 is 45.8 Å². The fourth-order valence-corrected chi connectivity index (χ4v) is 6.92. The van der Waals surface area contributed by atoms with Crippen LogP contribution in [0.15, 0.2) is 56.3 Å². The number of hydrogen-bond acceptors (Lipinski definition) is 7. The minimum absolute atomic E-state index is 0.00921. The molecule has 0 aliphatic carbocycles. The molecule has 0 saturated carbocycles. The van der Waals surface area contributed by atoms with Crippen molar-refractivity contribution in [1.82, 2.24) is 15.0 Å². The second kappa shape index (κ2) is 6.87. The second-order valence-electron chi connectivity index (χ2n) is 5.97. The average Bonchev–Trinajstić information content (AvgIpc) is 3.39. The van der Waals surface area contributed by atoms with Gasteiger partial charge >= 0.3 is 0 Å². The molecule has 4 nitrogen and oxygen atoms in total. The Labute approximate surface area is 171 Å². The van der Waals surface area contributed by atoms with E-state index in [1.165, 1.54) is 16.0 Å². The van der Waals surface area contributed by atoms with Gasteiger partial charge in [0.1, 0.15) is 10.7 Å². The molecular weight excluding hydrogens is 414 g/mol. The molecule has 0 saturated heterocycles. The van der Waals surface area contributed by atoms with E-state index in [4.69, 9.17) is 4.98 Å². The fraction of sp³-hybridized carbons (Fsp3) is 0.105. The molecule has 1 aromatic carbocycles. The summed E-state index contributed by atoms with van der Waals surface area (Å²) in [5.74, 6) is 0.691. The standard InChI is InChI=1S/C19H13N3OS4/c1-10(26-19-20-12-5-2-3-6-14(12)27-19)16-21-17(23)15-11(9-25-18(15)22-16)13-7-4-8-24-13/h2-10H,1H3,(H,21,22,23). The molecule has 1 unspecified atom stereocenters. The molecule has 5 rings (SSSR count). The molecule has 134 valence electrons. The number of rotatable bonds is 4. The minimum Gasteiger partial charge on any atom is -0.309 e. The molecule has 0 bridgehead atoms. The highest BCUT2D eigenvalue weighted by Crippen LogP contribution is 2.39. The summed E-state index contributed by atoms with van der Waals surface area (Å²) in [6.45, 7) is 2.05. The van der Waals surface area contributed by atoms with E-state index in [0.717, 1.165) is 25.1 Å². The van der Waals surface area contributed by atoms with E-state index in [1.54, 1.807) is 34.4 Å². The Balaban J connectivity index is 1.50. The Morgan fingerprint density at radius 2 is 2.00 bits per heavy atom. The number of benzene rings is 1. The highest BCUT2D eigenvalue weighted by Gasteiger charge is 2.18. The van der Waals surface area contributed by atoms with Gasteiger partial charge in [0.05, 0.1) is 20.9 Å². The number of aromatic nitrogens is 3. The van der Waals surface area contributed by atoms with Gasteiger partial charge in [0, 0.05) is 15.8 Å². The monoisotopic (exact) mass is 427 g/mol. The number of thiazole rings is 1. The summed E-state index contributed by atoms with van der Waals surface area (Å²) in [7, 11) is 0. The summed E-state index contributed by atoms with van der Waals surface area (Å²) in [6, 6.07) is 12.1. The number of fused-ring (bicyclic) bond motifs is 2. The highest BCUT2D eigenvalue weighted by atomic mass is 32.2. The summed E-state index contributed by atoms with van der Waals surface area (Å²) in [6.07, 6.45) is 0. The zero-order chi connectivity index (χ0) is 18.4. The van der Waals surface area contributed by atoms with Crippen LogP contribution in [-0.4, -0.2) is 15.0 Å². The van der Waals surface area contributed by atoms with E-state index in [0.29, 0.717) is 11.2 Å². The van der Waals surface area contributed by atoms with E-state index < -0.39 is 0 Å². The van der Waals surface area contributed by atoms with Crippen molar-refractivity contribution in [1.29, 1.82) is 0 Å². The quantitative estimate of drug-likeness (QED) is 0.348. The minimum atomic E-state index is -0.0728. The van der Waals surface area contributed by atoms with Gasteiger partial charge in [0.15, 0.2) is 4.34 Å². The number of nitrogens with one attached hydrogen (secondary N) is 1. The molecule has 4 heterocycles. The molecule has 0 radical (unpaired) electrons. The van der Waals surface area contributed by atoms with Crippen LogP contribution in [0.25, 0.3) is 30.9 Å². The Morgan fingerprint density at radius 3 is 2.81 bits per heavy atom. The maximum Gasteiger partial charge on any atom is 0.260 e. The topological polar surface area (TPSA) is 58.6 Å². The molecular formula is C19H13N3OS4. The Hall–Kier alpha value is -2.00. The lowest BCUT2D eigenvalue weighted by Gasteiger charge is -2.08. The van der Waals surface area contributed by atoms with Crippen LogP contribution in [0, 0.1) is 0 Å². The Bertz CT molecular complexity index is 1270. The third-order valence-electron chi connectivity index (χ3n) is 4.19. The van der Waals surface area contributed by atoms with Crippen molar-refractivity contribution in [2.24, 2.45) is 0 Å². The van der Waals surface area contributed by atoms with Crippen LogP contribution in [0.3, 0.4) is 0 Å². The SMILES string of the molecule is CC(Sc1nc2ccccc2s1)c1nc2scc(-c3cccs3)c2c(=O)[nH]1. The molecule has 1 N–H and O–H groups in total. The summed E-state index contributed by atoms with van der Waals surface area (Å²) >= 11 is 6.45. The van der Waals surface area contributed by atoms with Crippen molar-refractivity contribution in [2.45, 2.75) is 16.5 Å². The smallest absolute Gasteiger partial charge is 0.260 e. The first-order valence-corrected chi connectivity index (χ1v) is 11.7. The van der Waals surface area contributed by atoms with Gasteiger partial charge in [-0.3, -0.25) is 4.79 Å². The number of thioether (sulfide) groups is 1. The maximum atomic E-state index is 12.8. The fourth-order valence-electron chi connectivity index (χ4n) is 2.88. The largest absolute Gasteiger partial charge is 0.309 e. The van der Waals surface area contributed by atoms with Gasteiger partial charge in [-0.25, -0.2) is 9.97 Å². The first-order valence-electron chi connectivity index (χ1n) is 8.26. The third-order valence-corrected chi connectivity index (χ3v) is 8.20. The van der Waals surface area contributed by atoms with Crippen LogP contribution in [0.2, 0.25) is 0 Å². The molecule has 0 aliphatic rings. The zero-order valence-electron chi connectivity index (χ0n) is 14.1. The van der Waals surface area contributed by atoms with Crippen LogP contribution < -0.4 is 5.56 Å². The lowest BCUT2D eigenvalue weighted by molar-refractivity contribution is 0.925. The number of aromatic amines is 1. The van der Waals surface area contributed by atoms with Crippen molar-refractivity contribution in [3.05, 3.63) is 63.3 Å². The summed E-state index contributed by atoms with van der Waals surface area (Å²) in [5, 5.41) is 4.73. The van der Waals surface area contributed by atoms with Crippen molar-refractivity contribution in [3.63, 3.8) is 0 Å². The predicted octanol–water partition coefficient (Wildman–Crippen LogP) is 6.18. The third kappa shape index (κ3) is 3.12. The number of H-pyrrole nitrogens is 1. The van der Waals surface area contributed by atoms with E-state index in [2.05, 4.69) is 23.0 Å². The number of thiophene rings is 2. The Morgan fingerprint density at radius 1 is 1.11 bits per heavy atom. The molecule has 0 fully saturated rings. The normalized spacial score (nSPS) is 12.8. The van der Waals surface area contributed by atoms with Gasteiger partial charge in [-0.2, -0.15) is 0 Å². The summed E-state index contributed by atoms with van der Waals surface area (Å²) in [4.78, 5) is 27.0. The van der Waals surface area contributed by atoms with Crippen molar-refractivity contribution in [3.8, 4) is 10.4 Å². The summed E-state index contributed by atoms with van der Waals surface area (Å²) in [5.41, 5.74) is 1.90. The molecule has 1 atom stereocenters. The van der Waals surface area contributed by atoms with Crippen molar-refractivity contribution >= 4 is 66.2 Å². The maximum absolute atomic E-state index is 12.8. The average molecular weight is 428 g/mol. The first kappa shape index (κ1) is 17.1. The highest BCUT2D eigenvalue weighted by molar-refractivity contribution is 8.01. The lowest BCUT2D eigenvalue weighted by Crippen LogP contribution is -2.12. The van der Waals surface area contributed by atoms with Crippen LogP contribution in [-0.2, 0) is 0 Å². The molecule has 5 aromatic rings. The van der Waals surface area contributed by atoms with Gasteiger partial charge in [-0.15, -0.1) is 34.0 Å². The van der Waals surface area contributed by atoms with Crippen LogP contribution in [0.4, 0.5) is 0 Å².